The third-order valence-corrected chi connectivity index (χ3v) is 2.69. The maximum absolute atomic E-state index is 12.0. The number of hydrogen-bond donors (Lipinski definition) is 2. The molecule has 2 aromatic rings. The zero-order valence-corrected chi connectivity index (χ0v) is 10.8. The van der Waals surface area contributed by atoms with Crippen LogP contribution in [0, 0.1) is 0 Å². The second-order valence-electron chi connectivity index (χ2n) is 4.03. The van der Waals surface area contributed by atoms with Crippen LogP contribution in [0.25, 0.3) is 0 Å². The first-order valence-corrected chi connectivity index (χ1v) is 5.89. The molecule has 20 heavy (non-hydrogen) atoms. The second-order valence-corrected chi connectivity index (χ2v) is 4.03. The van der Waals surface area contributed by atoms with Crippen LogP contribution in [0.15, 0.2) is 48.5 Å². The predicted molar refractivity (Wildman–Crippen MR) is 74.1 cm³/mol. The quantitative estimate of drug-likeness (QED) is 0.660. The molecule has 0 aromatic heterocycles. The van der Waals surface area contributed by atoms with E-state index in [9.17, 15) is 14.7 Å². The Morgan fingerprint density at radius 3 is 2.40 bits per heavy atom. The summed E-state index contributed by atoms with van der Waals surface area (Å²) < 4.78 is 4.91. The highest BCUT2D eigenvalue weighted by Gasteiger charge is 2.20. The lowest BCUT2D eigenvalue weighted by molar-refractivity contribution is -0.112. The number of anilines is 1. The maximum atomic E-state index is 12.0. The lowest BCUT2D eigenvalue weighted by atomic mass is 10.1. The Kier molecular flexibility index (Phi) is 4.00. The summed E-state index contributed by atoms with van der Waals surface area (Å²) in [4.78, 5) is 23.8. The molecule has 0 saturated carbocycles. The topological polar surface area (TPSA) is 75.6 Å². The molecule has 2 aromatic carbocycles. The molecule has 5 heteroatoms. The summed E-state index contributed by atoms with van der Waals surface area (Å²) in [6.45, 7) is 0. The van der Waals surface area contributed by atoms with E-state index in [1.54, 1.807) is 30.3 Å². The van der Waals surface area contributed by atoms with E-state index in [0.717, 1.165) is 0 Å². The zero-order valence-electron chi connectivity index (χ0n) is 10.8. The van der Waals surface area contributed by atoms with E-state index in [2.05, 4.69) is 5.32 Å². The molecule has 0 atom stereocenters. The lowest BCUT2D eigenvalue weighted by Gasteiger charge is -2.07. The lowest BCUT2D eigenvalue weighted by Crippen LogP contribution is -2.22. The fourth-order valence-corrected chi connectivity index (χ4v) is 1.66. The van der Waals surface area contributed by atoms with E-state index in [1.807, 2.05) is 0 Å². The van der Waals surface area contributed by atoms with Gasteiger partial charge in [0.1, 0.15) is 11.5 Å². The first kappa shape index (κ1) is 13.6. The standard InChI is InChI=1S/C15H13NO4/c1-20-11-7-8-12(13(17)9-11)14(18)15(19)16-10-5-3-2-4-6-10/h2-9,17H,1H3,(H,16,19). The summed E-state index contributed by atoms with van der Waals surface area (Å²) in [7, 11) is 1.44. The number of rotatable bonds is 4. The van der Waals surface area contributed by atoms with Crippen molar-refractivity contribution in [3.8, 4) is 11.5 Å². The summed E-state index contributed by atoms with van der Waals surface area (Å²) in [6.07, 6.45) is 0. The Bertz CT molecular complexity index is 638. The van der Waals surface area contributed by atoms with Crippen molar-refractivity contribution in [2.24, 2.45) is 0 Å². The van der Waals surface area contributed by atoms with Gasteiger partial charge in [0, 0.05) is 11.8 Å². The summed E-state index contributed by atoms with van der Waals surface area (Å²) >= 11 is 0. The van der Waals surface area contributed by atoms with E-state index in [1.165, 1.54) is 25.3 Å². The average molecular weight is 271 g/mol. The van der Waals surface area contributed by atoms with E-state index in [4.69, 9.17) is 4.74 Å². The number of amides is 1. The zero-order chi connectivity index (χ0) is 14.5. The number of aromatic hydroxyl groups is 1. The van der Waals surface area contributed by atoms with Gasteiger partial charge >= 0.3 is 0 Å². The normalized spacial score (nSPS) is 9.85. The number of ether oxygens (including phenoxy) is 1. The fraction of sp³-hybridized carbons (Fsp3) is 0.0667. The monoisotopic (exact) mass is 271 g/mol. The number of carbonyl (C=O) groups excluding carboxylic acids is 2. The van der Waals surface area contributed by atoms with Gasteiger partial charge in [0.15, 0.2) is 0 Å². The molecule has 0 aliphatic carbocycles. The van der Waals surface area contributed by atoms with Gasteiger partial charge in [-0.15, -0.1) is 0 Å². The number of hydrogen-bond acceptors (Lipinski definition) is 4. The Balaban J connectivity index is 2.17. The first-order valence-electron chi connectivity index (χ1n) is 5.89. The summed E-state index contributed by atoms with van der Waals surface area (Å²) in [5.74, 6) is -1.51. The Hall–Kier alpha value is -2.82. The molecule has 0 aliphatic rings. The number of para-hydroxylation sites is 1. The average Bonchev–Trinajstić information content (AvgIpc) is 2.47. The highest BCUT2D eigenvalue weighted by atomic mass is 16.5. The number of phenols is 1. The molecule has 0 aliphatic heterocycles. The first-order chi connectivity index (χ1) is 9.61. The summed E-state index contributed by atoms with van der Waals surface area (Å²) in [5, 5.41) is 12.2. The van der Waals surface area contributed by atoms with Crippen molar-refractivity contribution in [1.82, 2.24) is 0 Å². The number of phenolic OH excluding ortho intramolecular Hbond substituents is 1. The van der Waals surface area contributed by atoms with Crippen LogP contribution >= 0.6 is 0 Å². The van der Waals surface area contributed by atoms with Crippen molar-refractivity contribution < 1.29 is 19.4 Å². The van der Waals surface area contributed by atoms with Crippen LogP contribution in [-0.4, -0.2) is 23.9 Å². The number of ketones is 1. The number of benzene rings is 2. The molecule has 0 spiro atoms. The largest absolute Gasteiger partial charge is 0.507 e. The molecule has 102 valence electrons. The minimum atomic E-state index is -0.811. The number of nitrogens with one attached hydrogen (secondary N) is 1. The van der Waals surface area contributed by atoms with Gasteiger partial charge in [0.25, 0.3) is 11.7 Å². The molecular formula is C15H13NO4. The van der Waals surface area contributed by atoms with Crippen molar-refractivity contribution >= 4 is 17.4 Å². The molecule has 0 heterocycles. The highest BCUT2D eigenvalue weighted by molar-refractivity contribution is 6.47. The van der Waals surface area contributed by atoms with Gasteiger partial charge in [-0.1, -0.05) is 18.2 Å². The molecule has 0 unspecified atom stereocenters. The van der Waals surface area contributed by atoms with Crippen molar-refractivity contribution in [2.45, 2.75) is 0 Å². The minimum Gasteiger partial charge on any atom is -0.507 e. The van der Waals surface area contributed by atoms with Crippen LogP contribution in [0.1, 0.15) is 10.4 Å². The van der Waals surface area contributed by atoms with Gasteiger partial charge in [0.05, 0.1) is 12.7 Å². The van der Waals surface area contributed by atoms with Crippen LogP contribution < -0.4 is 10.1 Å². The molecule has 2 rings (SSSR count). The van der Waals surface area contributed by atoms with Gasteiger partial charge in [-0.2, -0.15) is 0 Å². The van der Waals surface area contributed by atoms with Gasteiger partial charge in [-0.3, -0.25) is 9.59 Å². The van der Waals surface area contributed by atoms with Crippen molar-refractivity contribution in [1.29, 1.82) is 0 Å². The smallest absolute Gasteiger partial charge is 0.296 e. The Morgan fingerprint density at radius 2 is 1.80 bits per heavy atom. The highest BCUT2D eigenvalue weighted by Crippen LogP contribution is 2.24. The Morgan fingerprint density at radius 1 is 1.10 bits per heavy atom. The molecule has 0 bridgehead atoms. The van der Waals surface area contributed by atoms with Crippen LogP contribution in [0.3, 0.4) is 0 Å². The van der Waals surface area contributed by atoms with Gasteiger partial charge < -0.3 is 15.2 Å². The molecule has 2 N–H and O–H groups in total. The third-order valence-electron chi connectivity index (χ3n) is 2.69. The summed E-state index contributed by atoms with van der Waals surface area (Å²) in [5.41, 5.74) is 0.443. The van der Waals surface area contributed by atoms with Crippen molar-refractivity contribution in [3.05, 3.63) is 54.1 Å². The third kappa shape index (κ3) is 2.95. The van der Waals surface area contributed by atoms with E-state index in [-0.39, 0.29) is 11.3 Å². The van der Waals surface area contributed by atoms with Crippen LogP contribution in [0.2, 0.25) is 0 Å². The van der Waals surface area contributed by atoms with Crippen LogP contribution in [0.4, 0.5) is 5.69 Å². The minimum absolute atomic E-state index is 0.0702. The fourth-order valence-electron chi connectivity index (χ4n) is 1.66. The van der Waals surface area contributed by atoms with Gasteiger partial charge in [0.2, 0.25) is 0 Å². The molecule has 5 nitrogen and oxygen atoms in total. The predicted octanol–water partition coefficient (Wildman–Crippen LogP) is 2.22. The summed E-state index contributed by atoms with van der Waals surface area (Å²) in [6, 6.07) is 12.7. The van der Waals surface area contributed by atoms with E-state index in [0.29, 0.717) is 11.4 Å². The Labute approximate surface area is 115 Å². The number of carbonyl (C=O) groups is 2. The van der Waals surface area contributed by atoms with E-state index >= 15 is 0 Å². The van der Waals surface area contributed by atoms with Gasteiger partial charge in [-0.25, -0.2) is 0 Å². The SMILES string of the molecule is COc1ccc(C(=O)C(=O)Nc2ccccc2)c(O)c1. The van der Waals surface area contributed by atoms with E-state index < -0.39 is 11.7 Å². The molecular weight excluding hydrogens is 258 g/mol. The maximum Gasteiger partial charge on any atom is 0.296 e. The van der Waals surface area contributed by atoms with Crippen LogP contribution in [0.5, 0.6) is 11.5 Å². The van der Waals surface area contributed by atoms with Crippen molar-refractivity contribution in [2.75, 3.05) is 12.4 Å². The number of methoxy groups -OCH3 is 1. The van der Waals surface area contributed by atoms with Crippen molar-refractivity contribution in [3.63, 3.8) is 0 Å². The second kappa shape index (κ2) is 5.88. The number of Topliss-reactive ketones (excluding diaryl/α,β-unsaturated/α-hetero) is 1. The van der Waals surface area contributed by atoms with Gasteiger partial charge in [-0.05, 0) is 24.3 Å². The molecule has 0 fully saturated rings. The van der Waals surface area contributed by atoms with Crippen LogP contribution in [-0.2, 0) is 4.79 Å². The molecule has 0 radical (unpaired) electrons. The molecule has 1 amide bonds. The molecule has 0 saturated heterocycles.